The van der Waals surface area contributed by atoms with E-state index in [4.69, 9.17) is 4.74 Å². The second-order valence-electron chi connectivity index (χ2n) is 7.07. The average molecular weight is 301 g/mol. The first-order valence-corrected chi connectivity index (χ1v) is 9.32. The molecule has 1 heterocycles. The van der Waals surface area contributed by atoms with Crippen molar-refractivity contribution in [1.82, 2.24) is 4.90 Å². The van der Waals surface area contributed by atoms with Crippen molar-refractivity contribution in [1.29, 1.82) is 0 Å². The Labute approximate surface area is 135 Å². The van der Waals surface area contributed by atoms with E-state index in [1.807, 2.05) is 0 Å². The van der Waals surface area contributed by atoms with Gasteiger partial charge >= 0.3 is 0 Å². The van der Waals surface area contributed by atoms with Gasteiger partial charge in [-0.1, -0.05) is 38.3 Å². The molecule has 2 fully saturated rings. The van der Waals surface area contributed by atoms with Crippen molar-refractivity contribution >= 4 is 0 Å². The Kier molecular flexibility index (Phi) is 5.77. The molecule has 0 amide bonds. The Balaban J connectivity index is 1.55. The third kappa shape index (κ3) is 4.04. The summed E-state index contributed by atoms with van der Waals surface area (Å²) in [5.74, 6) is 1.99. The van der Waals surface area contributed by atoms with Crippen molar-refractivity contribution in [3.8, 4) is 5.75 Å². The van der Waals surface area contributed by atoms with Crippen LogP contribution < -0.4 is 4.74 Å². The van der Waals surface area contributed by atoms with E-state index in [1.54, 1.807) is 0 Å². The number of hydrogen-bond donors (Lipinski definition) is 0. The van der Waals surface area contributed by atoms with Gasteiger partial charge in [0.05, 0.1) is 6.61 Å². The summed E-state index contributed by atoms with van der Waals surface area (Å²) >= 11 is 0. The van der Waals surface area contributed by atoms with Gasteiger partial charge in [0.15, 0.2) is 0 Å². The topological polar surface area (TPSA) is 12.5 Å². The first-order valence-electron chi connectivity index (χ1n) is 9.32. The smallest absolute Gasteiger partial charge is 0.119 e. The lowest BCUT2D eigenvalue weighted by Gasteiger charge is -2.44. The van der Waals surface area contributed by atoms with Crippen molar-refractivity contribution in [3.63, 3.8) is 0 Å². The van der Waals surface area contributed by atoms with Crippen molar-refractivity contribution in [3.05, 3.63) is 29.8 Å². The number of benzene rings is 1. The van der Waals surface area contributed by atoms with Gasteiger partial charge in [-0.25, -0.2) is 0 Å². The summed E-state index contributed by atoms with van der Waals surface area (Å²) in [6, 6.07) is 9.66. The summed E-state index contributed by atoms with van der Waals surface area (Å²) in [5, 5.41) is 0. The minimum absolute atomic E-state index is 0.839. The predicted octanol–water partition coefficient (Wildman–Crippen LogP) is 5.02. The average Bonchev–Trinajstić information content (AvgIpc) is 2.57. The third-order valence-electron chi connectivity index (χ3n) is 5.43. The Morgan fingerprint density at radius 1 is 1.05 bits per heavy atom. The zero-order valence-electron chi connectivity index (χ0n) is 14.1. The van der Waals surface area contributed by atoms with Crippen LogP contribution in [0.15, 0.2) is 24.3 Å². The fourth-order valence-corrected chi connectivity index (χ4v) is 4.18. The monoisotopic (exact) mass is 301 g/mol. The first kappa shape index (κ1) is 15.9. The highest BCUT2D eigenvalue weighted by atomic mass is 16.5. The number of rotatable bonds is 6. The van der Waals surface area contributed by atoms with Gasteiger partial charge in [-0.05, 0) is 62.3 Å². The molecule has 2 atom stereocenters. The van der Waals surface area contributed by atoms with E-state index in [0.717, 1.165) is 37.3 Å². The summed E-state index contributed by atoms with van der Waals surface area (Å²) in [4.78, 5) is 2.75. The lowest BCUT2D eigenvalue weighted by Crippen LogP contribution is -2.46. The Hall–Kier alpha value is -1.02. The molecule has 0 aromatic heterocycles. The van der Waals surface area contributed by atoms with Gasteiger partial charge in [0.25, 0.3) is 0 Å². The van der Waals surface area contributed by atoms with Crippen molar-refractivity contribution in [2.24, 2.45) is 5.92 Å². The number of hydrogen-bond acceptors (Lipinski definition) is 2. The first-order chi connectivity index (χ1) is 10.9. The van der Waals surface area contributed by atoms with Crippen LogP contribution in [0.2, 0.25) is 0 Å². The van der Waals surface area contributed by atoms with Crippen molar-refractivity contribution in [2.75, 3.05) is 13.2 Å². The lowest BCUT2D eigenvalue weighted by atomic mass is 9.78. The quantitative estimate of drug-likeness (QED) is 0.684. The highest BCUT2D eigenvalue weighted by molar-refractivity contribution is 5.27. The van der Waals surface area contributed by atoms with Crippen LogP contribution in [0.3, 0.4) is 0 Å². The molecule has 0 spiro atoms. The third-order valence-corrected chi connectivity index (χ3v) is 5.43. The molecule has 0 bridgehead atoms. The van der Waals surface area contributed by atoms with E-state index < -0.39 is 0 Å². The number of fused-ring (bicyclic) bond motifs is 1. The summed E-state index contributed by atoms with van der Waals surface area (Å²) < 4.78 is 5.76. The van der Waals surface area contributed by atoms with E-state index in [0.29, 0.717) is 0 Å². The van der Waals surface area contributed by atoms with Crippen LogP contribution in [0.4, 0.5) is 0 Å². The molecular weight excluding hydrogens is 270 g/mol. The minimum atomic E-state index is 0.839. The maximum Gasteiger partial charge on any atom is 0.119 e. The maximum absolute atomic E-state index is 5.76. The summed E-state index contributed by atoms with van der Waals surface area (Å²) in [7, 11) is 0. The SMILES string of the molecule is CCCCOc1ccc(CN2CCC[C@H]3CCCC[C@H]32)cc1. The van der Waals surface area contributed by atoms with Crippen LogP contribution in [-0.4, -0.2) is 24.1 Å². The molecule has 1 saturated carbocycles. The number of nitrogens with zero attached hydrogens (tertiary/aromatic N) is 1. The van der Waals surface area contributed by atoms with Gasteiger partial charge in [0.1, 0.15) is 5.75 Å². The van der Waals surface area contributed by atoms with Gasteiger partial charge in [-0.2, -0.15) is 0 Å². The Morgan fingerprint density at radius 3 is 2.64 bits per heavy atom. The van der Waals surface area contributed by atoms with Crippen LogP contribution in [0.1, 0.15) is 63.9 Å². The molecule has 1 aromatic carbocycles. The normalized spacial score (nSPS) is 25.7. The highest BCUT2D eigenvalue weighted by Crippen LogP contribution is 2.36. The zero-order chi connectivity index (χ0) is 15.2. The van der Waals surface area contributed by atoms with Crippen LogP contribution in [0.5, 0.6) is 5.75 Å². The van der Waals surface area contributed by atoms with Crippen LogP contribution >= 0.6 is 0 Å². The number of ether oxygens (including phenoxy) is 1. The standard InChI is InChI=1S/C20H31NO/c1-2-3-15-22-19-12-10-17(11-13-19)16-21-14-6-8-18-7-4-5-9-20(18)21/h10-13,18,20H,2-9,14-16H2,1H3/t18-,20-/m1/s1. The van der Waals surface area contributed by atoms with Crippen molar-refractivity contribution in [2.45, 2.75) is 70.9 Å². The summed E-state index contributed by atoms with van der Waals surface area (Å²) in [6.07, 6.45) is 11.0. The lowest BCUT2D eigenvalue weighted by molar-refractivity contribution is 0.0547. The molecule has 1 aliphatic carbocycles. The molecule has 0 N–H and O–H groups in total. The van der Waals surface area contributed by atoms with E-state index >= 15 is 0 Å². The zero-order valence-corrected chi connectivity index (χ0v) is 14.1. The molecule has 1 saturated heterocycles. The van der Waals surface area contributed by atoms with Crippen molar-refractivity contribution < 1.29 is 4.74 Å². The van der Waals surface area contributed by atoms with E-state index in [-0.39, 0.29) is 0 Å². The second-order valence-corrected chi connectivity index (χ2v) is 7.07. The Bertz CT molecular complexity index is 440. The van der Waals surface area contributed by atoms with Crippen LogP contribution in [-0.2, 0) is 6.54 Å². The molecule has 2 aliphatic rings. The molecular formula is C20H31NO. The number of piperidine rings is 1. The fourth-order valence-electron chi connectivity index (χ4n) is 4.18. The molecule has 122 valence electrons. The Morgan fingerprint density at radius 2 is 1.82 bits per heavy atom. The fraction of sp³-hybridized carbons (Fsp3) is 0.700. The molecule has 1 aliphatic heterocycles. The highest BCUT2D eigenvalue weighted by Gasteiger charge is 2.32. The molecule has 22 heavy (non-hydrogen) atoms. The minimum Gasteiger partial charge on any atom is -0.494 e. The largest absolute Gasteiger partial charge is 0.494 e. The van der Waals surface area contributed by atoms with Gasteiger partial charge < -0.3 is 4.74 Å². The number of unbranched alkanes of at least 4 members (excludes halogenated alkanes) is 1. The van der Waals surface area contributed by atoms with E-state index in [1.165, 1.54) is 57.1 Å². The summed E-state index contributed by atoms with van der Waals surface area (Å²) in [6.45, 7) is 5.45. The van der Waals surface area contributed by atoms with E-state index in [2.05, 4.69) is 36.1 Å². The molecule has 2 nitrogen and oxygen atoms in total. The van der Waals surface area contributed by atoms with Gasteiger partial charge in [-0.15, -0.1) is 0 Å². The van der Waals surface area contributed by atoms with Gasteiger partial charge in [-0.3, -0.25) is 4.90 Å². The predicted molar refractivity (Wildman–Crippen MR) is 92.2 cm³/mol. The van der Waals surface area contributed by atoms with Crippen LogP contribution in [0.25, 0.3) is 0 Å². The molecule has 3 rings (SSSR count). The molecule has 1 aromatic rings. The van der Waals surface area contributed by atoms with Gasteiger partial charge in [0, 0.05) is 12.6 Å². The number of likely N-dealkylation sites (tertiary alicyclic amines) is 1. The van der Waals surface area contributed by atoms with E-state index in [9.17, 15) is 0 Å². The molecule has 2 heteroatoms. The van der Waals surface area contributed by atoms with Gasteiger partial charge in [0.2, 0.25) is 0 Å². The second kappa shape index (κ2) is 8.01. The molecule has 0 radical (unpaired) electrons. The maximum atomic E-state index is 5.76. The molecule has 0 unspecified atom stereocenters. The van der Waals surface area contributed by atoms with Crippen LogP contribution in [0, 0.1) is 5.92 Å². The summed E-state index contributed by atoms with van der Waals surface area (Å²) in [5.41, 5.74) is 1.44.